The second-order valence-corrected chi connectivity index (χ2v) is 7.93. The van der Waals surface area contributed by atoms with E-state index in [0.717, 1.165) is 43.9 Å². The Bertz CT molecular complexity index is 799. The lowest BCUT2D eigenvalue weighted by molar-refractivity contribution is 0.184. The van der Waals surface area contributed by atoms with Crippen molar-refractivity contribution in [2.45, 2.75) is 31.8 Å². The number of pyridine rings is 1. The fraction of sp³-hybridized carbons (Fsp3) is 0.455. The van der Waals surface area contributed by atoms with Crippen LogP contribution in [-0.2, 0) is 0 Å². The van der Waals surface area contributed by atoms with Crippen LogP contribution in [0, 0.1) is 23.2 Å². The molecule has 1 aliphatic carbocycles. The molecule has 140 valence electrons. The highest BCUT2D eigenvalue weighted by Crippen LogP contribution is 2.40. The summed E-state index contributed by atoms with van der Waals surface area (Å²) in [5, 5.41) is 18.3. The van der Waals surface area contributed by atoms with E-state index in [1.165, 1.54) is 6.20 Å². The number of aromatic nitrogens is 1. The van der Waals surface area contributed by atoms with Crippen molar-refractivity contribution in [3.05, 3.63) is 53.9 Å². The Morgan fingerprint density at radius 1 is 1.19 bits per heavy atom. The summed E-state index contributed by atoms with van der Waals surface area (Å²) in [5.74, 6) is 2.84. The smallest absolute Gasteiger partial charge is 0.133 e. The largest absolute Gasteiger partial charge is 0.506 e. The highest BCUT2D eigenvalue weighted by atomic mass is 16.5. The third kappa shape index (κ3) is 4.06. The second kappa shape index (κ2) is 7.58. The highest BCUT2D eigenvalue weighted by molar-refractivity contribution is 5.34. The van der Waals surface area contributed by atoms with Crippen LogP contribution in [0.4, 0.5) is 0 Å². The normalized spacial score (nSPS) is 25.7. The molecule has 0 radical (unpaired) electrons. The van der Waals surface area contributed by atoms with Gasteiger partial charge in [0.25, 0.3) is 0 Å². The van der Waals surface area contributed by atoms with Crippen LogP contribution in [0.5, 0.6) is 11.5 Å². The molecule has 2 fully saturated rings. The zero-order valence-electron chi connectivity index (χ0n) is 15.6. The Labute approximate surface area is 160 Å². The van der Waals surface area contributed by atoms with Crippen LogP contribution in [0.3, 0.4) is 0 Å². The van der Waals surface area contributed by atoms with Crippen LogP contribution >= 0.6 is 0 Å². The molecule has 5 nitrogen and oxygen atoms in total. The van der Waals surface area contributed by atoms with Gasteiger partial charge in [0.05, 0.1) is 23.9 Å². The van der Waals surface area contributed by atoms with Crippen LogP contribution in [-0.4, -0.2) is 40.7 Å². The Balaban J connectivity index is 1.27. The maximum absolute atomic E-state index is 9.39. The van der Waals surface area contributed by atoms with E-state index < -0.39 is 0 Å². The van der Waals surface area contributed by atoms with E-state index in [-0.39, 0.29) is 11.9 Å². The predicted octanol–water partition coefficient (Wildman–Crippen LogP) is 3.55. The summed E-state index contributed by atoms with van der Waals surface area (Å²) >= 11 is 0. The Hall–Kier alpha value is -2.58. The van der Waals surface area contributed by atoms with Gasteiger partial charge >= 0.3 is 0 Å². The fourth-order valence-corrected chi connectivity index (χ4v) is 4.56. The fourth-order valence-electron chi connectivity index (χ4n) is 4.56. The van der Waals surface area contributed by atoms with E-state index in [2.05, 4.69) is 22.9 Å². The number of benzene rings is 1. The first kappa shape index (κ1) is 17.8. The van der Waals surface area contributed by atoms with Crippen LogP contribution in [0.15, 0.2) is 42.6 Å². The molecule has 1 saturated heterocycles. The number of aromatic hydroxyl groups is 1. The van der Waals surface area contributed by atoms with Gasteiger partial charge in [-0.05, 0) is 61.1 Å². The minimum atomic E-state index is 0.218. The van der Waals surface area contributed by atoms with Crippen molar-refractivity contribution < 1.29 is 9.84 Å². The third-order valence-electron chi connectivity index (χ3n) is 5.88. The van der Waals surface area contributed by atoms with Gasteiger partial charge in [0.15, 0.2) is 0 Å². The number of hydrogen-bond donors (Lipinski definition) is 1. The number of nitrogens with zero attached hydrogens (tertiary/aromatic N) is 3. The van der Waals surface area contributed by atoms with Gasteiger partial charge in [0, 0.05) is 31.2 Å². The van der Waals surface area contributed by atoms with Gasteiger partial charge in [-0.1, -0.05) is 6.92 Å². The molecule has 2 aromatic rings. The molecule has 1 aliphatic heterocycles. The summed E-state index contributed by atoms with van der Waals surface area (Å²) in [7, 11) is 0. The van der Waals surface area contributed by atoms with Gasteiger partial charge in [-0.25, -0.2) is 0 Å². The summed E-state index contributed by atoms with van der Waals surface area (Å²) in [6.45, 7) is 5.46. The lowest BCUT2D eigenvalue weighted by Gasteiger charge is -2.23. The number of likely N-dealkylation sites (tertiary alicyclic amines) is 1. The van der Waals surface area contributed by atoms with E-state index in [9.17, 15) is 5.11 Å². The maximum atomic E-state index is 9.39. The number of ether oxygens (including phenoxy) is 1. The van der Waals surface area contributed by atoms with Crippen LogP contribution in [0.1, 0.15) is 36.9 Å². The molecule has 4 rings (SSSR count). The van der Waals surface area contributed by atoms with Crippen molar-refractivity contribution in [2.75, 3.05) is 19.6 Å². The lowest BCUT2D eigenvalue weighted by atomic mass is 10.0. The Morgan fingerprint density at radius 2 is 1.89 bits per heavy atom. The SMILES string of the molecule is CC(CN1C[C@H]2C[C@@H](Oc3ccc(C#N)cc3)C[C@H]2C1)c1ccc(O)cn1. The van der Waals surface area contributed by atoms with E-state index in [1.54, 1.807) is 6.07 Å². The van der Waals surface area contributed by atoms with Crippen molar-refractivity contribution in [3.63, 3.8) is 0 Å². The molecule has 5 heteroatoms. The first-order valence-corrected chi connectivity index (χ1v) is 9.65. The van der Waals surface area contributed by atoms with Gasteiger partial charge in [-0.15, -0.1) is 0 Å². The molecule has 0 bridgehead atoms. The van der Waals surface area contributed by atoms with E-state index in [4.69, 9.17) is 10.00 Å². The zero-order valence-corrected chi connectivity index (χ0v) is 15.6. The van der Waals surface area contributed by atoms with Gasteiger partial charge in [0.2, 0.25) is 0 Å². The topological polar surface area (TPSA) is 69.4 Å². The quantitative estimate of drug-likeness (QED) is 0.880. The minimum Gasteiger partial charge on any atom is -0.506 e. The molecule has 1 N–H and O–H groups in total. The Kier molecular flexibility index (Phi) is 5.00. The average molecular weight is 363 g/mol. The van der Waals surface area contributed by atoms with Crippen LogP contribution < -0.4 is 4.74 Å². The van der Waals surface area contributed by atoms with Crippen molar-refractivity contribution in [2.24, 2.45) is 11.8 Å². The van der Waals surface area contributed by atoms with Crippen LogP contribution in [0.2, 0.25) is 0 Å². The highest BCUT2D eigenvalue weighted by Gasteiger charge is 2.42. The Morgan fingerprint density at radius 3 is 2.48 bits per heavy atom. The van der Waals surface area contributed by atoms with Gasteiger partial charge in [0.1, 0.15) is 11.5 Å². The first-order chi connectivity index (χ1) is 13.1. The molecule has 1 aromatic heterocycles. The zero-order chi connectivity index (χ0) is 18.8. The lowest BCUT2D eigenvalue weighted by Crippen LogP contribution is -2.28. The molecule has 4 atom stereocenters. The summed E-state index contributed by atoms with van der Waals surface area (Å²) in [6.07, 6.45) is 4.02. The van der Waals surface area contributed by atoms with Crippen LogP contribution in [0.25, 0.3) is 0 Å². The first-order valence-electron chi connectivity index (χ1n) is 9.65. The molecule has 1 aromatic carbocycles. The van der Waals surface area contributed by atoms with Gasteiger partial charge in [-0.2, -0.15) is 5.26 Å². The van der Waals surface area contributed by atoms with Crippen molar-refractivity contribution >= 4 is 0 Å². The number of hydrogen-bond acceptors (Lipinski definition) is 5. The molecule has 1 unspecified atom stereocenters. The van der Waals surface area contributed by atoms with Crippen molar-refractivity contribution in [1.29, 1.82) is 5.26 Å². The van der Waals surface area contributed by atoms with Crippen molar-refractivity contribution in [3.8, 4) is 17.6 Å². The summed E-state index contributed by atoms with van der Waals surface area (Å²) < 4.78 is 6.15. The number of rotatable bonds is 5. The van der Waals surface area contributed by atoms with E-state index in [0.29, 0.717) is 23.3 Å². The monoisotopic (exact) mass is 363 g/mol. The predicted molar refractivity (Wildman–Crippen MR) is 103 cm³/mol. The van der Waals surface area contributed by atoms with Gasteiger partial charge in [-0.3, -0.25) is 4.98 Å². The molecule has 27 heavy (non-hydrogen) atoms. The second-order valence-electron chi connectivity index (χ2n) is 7.93. The maximum Gasteiger partial charge on any atom is 0.133 e. The standard InChI is InChI=1S/C22H25N3O2/c1-15(22-7-4-19(26)11-24-22)12-25-13-17-8-21(9-18(17)14-25)27-20-5-2-16(10-23)3-6-20/h2-7,11,15,17-18,21,26H,8-9,12-14H2,1H3/t15?,17-,18+,21-. The number of nitriles is 1. The molecule has 0 amide bonds. The molecule has 2 heterocycles. The van der Waals surface area contributed by atoms with E-state index >= 15 is 0 Å². The molecule has 1 saturated carbocycles. The number of fused-ring (bicyclic) bond motifs is 1. The minimum absolute atomic E-state index is 0.218. The third-order valence-corrected chi connectivity index (χ3v) is 5.88. The molecule has 0 spiro atoms. The van der Waals surface area contributed by atoms with Gasteiger partial charge < -0.3 is 14.7 Å². The summed E-state index contributed by atoms with van der Waals surface area (Å²) in [4.78, 5) is 6.89. The summed E-state index contributed by atoms with van der Waals surface area (Å²) in [6, 6.07) is 13.2. The average Bonchev–Trinajstić information content (AvgIpc) is 3.20. The van der Waals surface area contributed by atoms with E-state index in [1.807, 2.05) is 30.3 Å². The molecular weight excluding hydrogens is 338 g/mol. The molecular formula is C22H25N3O2. The summed E-state index contributed by atoms with van der Waals surface area (Å²) in [5.41, 5.74) is 1.70. The van der Waals surface area contributed by atoms with Crippen molar-refractivity contribution in [1.82, 2.24) is 9.88 Å². The molecule has 2 aliphatic rings.